The Balaban J connectivity index is 2.51. The minimum absolute atomic E-state index is 0.0502. The van der Waals surface area contributed by atoms with Gasteiger partial charge in [0.15, 0.2) is 11.5 Å². The largest absolute Gasteiger partial charge is 0.453 e. The number of carbonyl (C=O) groups is 1. The van der Waals surface area contributed by atoms with Gasteiger partial charge in [-0.15, -0.1) is 0 Å². The van der Waals surface area contributed by atoms with E-state index in [1.54, 1.807) is 6.07 Å². The molecule has 2 nitrogen and oxygen atoms in total. The molecule has 0 aliphatic heterocycles. The van der Waals surface area contributed by atoms with Crippen LogP contribution in [0.4, 0.5) is 0 Å². The number of fused-ring (bicyclic) bond motifs is 1. The summed E-state index contributed by atoms with van der Waals surface area (Å²) in [7, 11) is 0. The summed E-state index contributed by atoms with van der Waals surface area (Å²) in [5.74, 6) is 0.483. The van der Waals surface area contributed by atoms with Crippen molar-refractivity contribution < 1.29 is 9.21 Å². The van der Waals surface area contributed by atoms with E-state index >= 15 is 0 Å². The Morgan fingerprint density at radius 1 is 1.38 bits per heavy atom. The van der Waals surface area contributed by atoms with Crippen LogP contribution in [0.25, 0.3) is 11.0 Å². The molecule has 0 saturated carbocycles. The van der Waals surface area contributed by atoms with E-state index in [2.05, 4.69) is 0 Å². The number of Topliss-reactive ketones (excluding diaryl/α,β-unsaturated/α-hetero) is 1. The highest BCUT2D eigenvalue weighted by Gasteiger charge is 2.12. The zero-order chi connectivity index (χ0) is 11.7. The van der Waals surface area contributed by atoms with E-state index < -0.39 is 0 Å². The van der Waals surface area contributed by atoms with Crippen LogP contribution < -0.4 is 0 Å². The first-order valence-corrected chi connectivity index (χ1v) is 5.72. The van der Waals surface area contributed by atoms with Gasteiger partial charge in [-0.2, -0.15) is 0 Å². The van der Waals surface area contributed by atoms with Gasteiger partial charge < -0.3 is 4.42 Å². The first-order chi connectivity index (χ1) is 7.61. The summed E-state index contributed by atoms with van der Waals surface area (Å²) in [6, 6.07) is 5.42. The number of halogens is 1. The summed E-state index contributed by atoms with van der Waals surface area (Å²) < 4.78 is 5.56. The number of carbonyl (C=O) groups excluding carboxylic acids is 1. The van der Waals surface area contributed by atoms with Crippen LogP contribution in [-0.2, 0) is 0 Å². The van der Waals surface area contributed by atoms with E-state index in [1.165, 1.54) is 0 Å². The lowest BCUT2D eigenvalue weighted by Crippen LogP contribution is -1.94. The monoisotopic (exact) mass is 236 g/mol. The Bertz CT molecular complexity index is 540. The van der Waals surface area contributed by atoms with Crippen LogP contribution in [0.1, 0.15) is 35.9 Å². The number of aryl methyl sites for hydroxylation is 1. The predicted octanol–water partition coefficient (Wildman–Crippen LogP) is 4.38. The summed E-state index contributed by atoms with van der Waals surface area (Å²) >= 11 is 5.95. The Morgan fingerprint density at radius 3 is 2.81 bits per heavy atom. The molecule has 0 amide bonds. The van der Waals surface area contributed by atoms with Gasteiger partial charge in [0.2, 0.25) is 0 Å². The molecule has 0 atom stereocenters. The first kappa shape index (κ1) is 11.2. The third kappa shape index (κ3) is 1.98. The Kier molecular flexibility index (Phi) is 3.01. The predicted molar refractivity (Wildman–Crippen MR) is 65.2 cm³/mol. The van der Waals surface area contributed by atoms with E-state index in [-0.39, 0.29) is 5.78 Å². The lowest BCUT2D eigenvalue weighted by Gasteiger charge is -1.95. The highest BCUT2D eigenvalue weighted by molar-refractivity contribution is 6.31. The molecule has 0 spiro atoms. The van der Waals surface area contributed by atoms with Gasteiger partial charge >= 0.3 is 0 Å². The molecule has 0 fully saturated rings. The van der Waals surface area contributed by atoms with E-state index in [9.17, 15) is 4.79 Å². The normalized spacial score (nSPS) is 10.9. The van der Waals surface area contributed by atoms with Gasteiger partial charge in [-0.3, -0.25) is 4.79 Å². The second kappa shape index (κ2) is 4.30. The summed E-state index contributed by atoms with van der Waals surface area (Å²) in [6.07, 6.45) is 1.35. The molecular formula is C13H13ClO2. The topological polar surface area (TPSA) is 30.2 Å². The second-order valence-corrected chi connectivity index (χ2v) is 4.36. The minimum Gasteiger partial charge on any atom is -0.453 e. The molecule has 84 valence electrons. The first-order valence-electron chi connectivity index (χ1n) is 5.34. The fourth-order valence-corrected chi connectivity index (χ4v) is 2.05. The molecule has 2 aromatic rings. The Hall–Kier alpha value is -1.28. The molecule has 0 N–H and O–H groups in total. The average Bonchev–Trinajstić information content (AvgIpc) is 2.62. The molecule has 3 heteroatoms. The minimum atomic E-state index is 0.0502. The lowest BCUT2D eigenvalue weighted by atomic mass is 10.1. The number of benzene rings is 1. The molecule has 0 unspecified atom stereocenters. The summed E-state index contributed by atoms with van der Waals surface area (Å²) in [5, 5.41) is 1.56. The fourth-order valence-electron chi connectivity index (χ4n) is 1.77. The van der Waals surface area contributed by atoms with Crippen LogP contribution in [0.15, 0.2) is 22.6 Å². The Labute approximate surface area is 99.2 Å². The van der Waals surface area contributed by atoms with Gasteiger partial charge in [-0.05, 0) is 37.1 Å². The molecule has 0 radical (unpaired) electrons. The van der Waals surface area contributed by atoms with Crippen molar-refractivity contribution in [2.45, 2.75) is 26.7 Å². The molecule has 1 aromatic heterocycles. The number of ketones is 1. The zero-order valence-electron chi connectivity index (χ0n) is 9.34. The molecule has 1 aromatic carbocycles. The van der Waals surface area contributed by atoms with E-state index in [4.69, 9.17) is 16.0 Å². The van der Waals surface area contributed by atoms with Gasteiger partial charge in [-0.1, -0.05) is 18.5 Å². The maximum Gasteiger partial charge on any atom is 0.198 e. The molecule has 0 aliphatic carbocycles. The molecule has 2 rings (SSSR count). The van der Waals surface area contributed by atoms with E-state index in [0.717, 1.165) is 23.0 Å². The van der Waals surface area contributed by atoms with Crippen LogP contribution in [0.5, 0.6) is 0 Å². The summed E-state index contributed by atoms with van der Waals surface area (Å²) in [4.78, 5) is 11.7. The van der Waals surface area contributed by atoms with Crippen molar-refractivity contribution in [2.75, 3.05) is 0 Å². The van der Waals surface area contributed by atoms with Crippen LogP contribution in [0, 0.1) is 6.92 Å². The molecule has 0 bridgehead atoms. The average molecular weight is 237 g/mol. The van der Waals surface area contributed by atoms with Gasteiger partial charge in [0.1, 0.15) is 5.58 Å². The summed E-state index contributed by atoms with van der Waals surface area (Å²) in [5.41, 5.74) is 1.71. The van der Waals surface area contributed by atoms with Crippen LogP contribution >= 0.6 is 11.6 Å². The van der Waals surface area contributed by atoms with Crippen molar-refractivity contribution in [1.29, 1.82) is 0 Å². The smallest absolute Gasteiger partial charge is 0.198 e. The maximum absolute atomic E-state index is 11.7. The Morgan fingerprint density at radius 2 is 2.12 bits per heavy atom. The number of rotatable bonds is 3. The van der Waals surface area contributed by atoms with Crippen molar-refractivity contribution in [3.63, 3.8) is 0 Å². The van der Waals surface area contributed by atoms with Gasteiger partial charge in [0, 0.05) is 16.8 Å². The van der Waals surface area contributed by atoms with Crippen molar-refractivity contribution in [3.05, 3.63) is 34.5 Å². The third-order valence-corrected chi connectivity index (χ3v) is 2.74. The van der Waals surface area contributed by atoms with Crippen LogP contribution in [-0.4, -0.2) is 5.78 Å². The van der Waals surface area contributed by atoms with Crippen LogP contribution in [0.2, 0.25) is 5.02 Å². The molecule has 1 heterocycles. The number of hydrogen-bond donors (Lipinski definition) is 0. The van der Waals surface area contributed by atoms with Crippen molar-refractivity contribution >= 4 is 28.4 Å². The highest BCUT2D eigenvalue weighted by Crippen LogP contribution is 2.27. The number of hydrogen-bond acceptors (Lipinski definition) is 2. The fraction of sp³-hybridized carbons (Fsp3) is 0.308. The zero-order valence-corrected chi connectivity index (χ0v) is 10.1. The SMILES string of the molecule is CCCC(=O)c1cc2cc(Cl)cc(C)c2o1. The van der Waals surface area contributed by atoms with Crippen molar-refractivity contribution in [2.24, 2.45) is 0 Å². The van der Waals surface area contributed by atoms with E-state index in [1.807, 2.05) is 26.0 Å². The van der Waals surface area contributed by atoms with E-state index in [0.29, 0.717) is 17.2 Å². The number of furan rings is 1. The lowest BCUT2D eigenvalue weighted by molar-refractivity contribution is 0.0957. The second-order valence-electron chi connectivity index (χ2n) is 3.92. The molecule has 0 aliphatic rings. The van der Waals surface area contributed by atoms with Crippen LogP contribution in [0.3, 0.4) is 0 Å². The highest BCUT2D eigenvalue weighted by atomic mass is 35.5. The van der Waals surface area contributed by atoms with Crippen molar-refractivity contribution in [3.8, 4) is 0 Å². The van der Waals surface area contributed by atoms with Gasteiger partial charge in [0.25, 0.3) is 0 Å². The third-order valence-electron chi connectivity index (χ3n) is 2.52. The quantitative estimate of drug-likeness (QED) is 0.741. The van der Waals surface area contributed by atoms with Gasteiger partial charge in [0.05, 0.1) is 0 Å². The molecule has 0 saturated heterocycles. The molecule has 16 heavy (non-hydrogen) atoms. The molecular weight excluding hydrogens is 224 g/mol. The maximum atomic E-state index is 11.7. The van der Waals surface area contributed by atoms with Crippen molar-refractivity contribution in [1.82, 2.24) is 0 Å². The summed E-state index contributed by atoms with van der Waals surface area (Å²) in [6.45, 7) is 3.90. The standard InChI is InChI=1S/C13H13ClO2/c1-3-4-11(15)12-7-9-6-10(14)5-8(2)13(9)16-12/h5-7H,3-4H2,1-2H3. The van der Waals surface area contributed by atoms with Gasteiger partial charge in [-0.25, -0.2) is 0 Å².